The molecule has 2 heterocycles. The molecular formula is C11H19N3. The van der Waals surface area contributed by atoms with Gasteiger partial charge in [0.15, 0.2) is 0 Å². The molecule has 1 fully saturated rings. The van der Waals surface area contributed by atoms with Crippen molar-refractivity contribution < 1.29 is 0 Å². The highest BCUT2D eigenvalue weighted by molar-refractivity contribution is 5.01. The fraction of sp³-hybridized carbons (Fsp3) is 0.727. The van der Waals surface area contributed by atoms with E-state index in [-0.39, 0.29) is 0 Å². The summed E-state index contributed by atoms with van der Waals surface area (Å²) < 4.78 is 1.88. The molecule has 0 aromatic carbocycles. The Kier molecular flexibility index (Phi) is 3.19. The number of nitrogens with one attached hydrogen (secondary N) is 1. The lowest BCUT2D eigenvalue weighted by atomic mass is 10.1. The fourth-order valence-corrected chi connectivity index (χ4v) is 2.10. The van der Waals surface area contributed by atoms with Crippen LogP contribution in [0.3, 0.4) is 0 Å². The number of aryl methyl sites for hydroxylation is 1. The van der Waals surface area contributed by atoms with Gasteiger partial charge >= 0.3 is 0 Å². The molecule has 1 aromatic rings. The van der Waals surface area contributed by atoms with Crippen molar-refractivity contribution in [1.82, 2.24) is 15.1 Å². The van der Waals surface area contributed by atoms with Gasteiger partial charge in [-0.15, -0.1) is 0 Å². The van der Waals surface area contributed by atoms with Crippen LogP contribution in [-0.4, -0.2) is 22.4 Å². The molecule has 1 aliphatic heterocycles. The van der Waals surface area contributed by atoms with E-state index < -0.39 is 0 Å². The second-order valence-electron chi connectivity index (χ2n) is 4.19. The average Bonchev–Trinajstić information content (AvgIpc) is 2.43. The van der Waals surface area contributed by atoms with Gasteiger partial charge in [0.2, 0.25) is 0 Å². The van der Waals surface area contributed by atoms with Crippen LogP contribution in [0.5, 0.6) is 0 Å². The van der Waals surface area contributed by atoms with Gasteiger partial charge in [0.05, 0.1) is 5.69 Å². The molecule has 3 heteroatoms. The molecule has 1 aromatic heterocycles. The Hall–Kier alpha value is -0.830. The van der Waals surface area contributed by atoms with Gasteiger partial charge in [0.1, 0.15) is 0 Å². The Morgan fingerprint density at radius 3 is 3.21 bits per heavy atom. The van der Waals surface area contributed by atoms with Crippen LogP contribution in [0.4, 0.5) is 0 Å². The quantitative estimate of drug-likeness (QED) is 0.771. The monoisotopic (exact) mass is 193 g/mol. The molecule has 78 valence electrons. The molecule has 0 spiro atoms. The zero-order valence-electron chi connectivity index (χ0n) is 8.87. The maximum atomic E-state index is 4.41. The minimum Gasteiger partial charge on any atom is -0.314 e. The van der Waals surface area contributed by atoms with Gasteiger partial charge in [0.25, 0.3) is 0 Å². The highest BCUT2D eigenvalue weighted by Gasteiger charge is 2.12. The van der Waals surface area contributed by atoms with E-state index in [9.17, 15) is 0 Å². The lowest BCUT2D eigenvalue weighted by Crippen LogP contribution is -2.30. The molecule has 0 amide bonds. The summed E-state index contributed by atoms with van der Waals surface area (Å²) in [5, 5.41) is 8.00. The average molecular weight is 193 g/mol. The van der Waals surface area contributed by atoms with Crippen LogP contribution in [0.1, 0.15) is 31.4 Å². The van der Waals surface area contributed by atoms with Crippen molar-refractivity contribution in [2.24, 2.45) is 7.05 Å². The number of aromatic nitrogens is 2. The van der Waals surface area contributed by atoms with E-state index in [1.165, 1.54) is 37.9 Å². The summed E-state index contributed by atoms with van der Waals surface area (Å²) in [7, 11) is 1.98. The zero-order valence-corrected chi connectivity index (χ0v) is 8.87. The first-order valence-corrected chi connectivity index (χ1v) is 5.56. The lowest BCUT2D eigenvalue weighted by Gasteiger charge is -2.13. The first kappa shape index (κ1) is 9.71. The maximum absolute atomic E-state index is 4.41. The summed E-state index contributed by atoms with van der Waals surface area (Å²) >= 11 is 0. The highest BCUT2D eigenvalue weighted by Crippen LogP contribution is 2.11. The largest absolute Gasteiger partial charge is 0.314 e. The number of nitrogens with zero attached hydrogens (tertiary/aromatic N) is 2. The van der Waals surface area contributed by atoms with Gasteiger partial charge in [-0.2, -0.15) is 5.10 Å². The van der Waals surface area contributed by atoms with E-state index in [0.717, 1.165) is 6.42 Å². The molecule has 1 aliphatic rings. The van der Waals surface area contributed by atoms with Crippen molar-refractivity contribution in [3.63, 3.8) is 0 Å². The third-order valence-corrected chi connectivity index (χ3v) is 2.89. The fourth-order valence-electron chi connectivity index (χ4n) is 2.10. The number of rotatable bonds is 2. The smallest absolute Gasteiger partial charge is 0.0639 e. The van der Waals surface area contributed by atoms with Gasteiger partial charge in [0, 0.05) is 25.7 Å². The van der Waals surface area contributed by atoms with Crippen LogP contribution < -0.4 is 5.32 Å². The molecule has 0 bridgehead atoms. The predicted octanol–water partition coefficient (Wildman–Crippen LogP) is 1.49. The van der Waals surface area contributed by atoms with Crippen LogP contribution in [0.15, 0.2) is 12.3 Å². The molecule has 1 N–H and O–H groups in total. The van der Waals surface area contributed by atoms with Crippen LogP contribution in [0.25, 0.3) is 0 Å². The molecule has 1 saturated heterocycles. The lowest BCUT2D eigenvalue weighted by molar-refractivity contribution is 0.500. The number of hydrogen-bond acceptors (Lipinski definition) is 2. The van der Waals surface area contributed by atoms with Gasteiger partial charge in [-0.3, -0.25) is 4.68 Å². The second kappa shape index (κ2) is 4.60. The Labute approximate surface area is 85.5 Å². The van der Waals surface area contributed by atoms with E-state index in [1.807, 2.05) is 17.9 Å². The van der Waals surface area contributed by atoms with Crippen molar-refractivity contribution in [2.45, 2.75) is 38.1 Å². The Morgan fingerprint density at radius 1 is 1.50 bits per heavy atom. The van der Waals surface area contributed by atoms with Crippen molar-refractivity contribution in [3.8, 4) is 0 Å². The van der Waals surface area contributed by atoms with E-state index in [4.69, 9.17) is 0 Å². The zero-order chi connectivity index (χ0) is 9.80. The SMILES string of the molecule is Cn1ccc(CC2CCCCCN2)n1. The summed E-state index contributed by atoms with van der Waals surface area (Å²) in [6, 6.07) is 2.76. The van der Waals surface area contributed by atoms with Crippen LogP contribution in [0.2, 0.25) is 0 Å². The van der Waals surface area contributed by atoms with Crippen LogP contribution >= 0.6 is 0 Å². The summed E-state index contributed by atoms with van der Waals surface area (Å²) in [5.41, 5.74) is 1.21. The molecule has 14 heavy (non-hydrogen) atoms. The predicted molar refractivity (Wildman–Crippen MR) is 57.2 cm³/mol. The Bertz CT molecular complexity index is 272. The summed E-state index contributed by atoms with van der Waals surface area (Å²) in [4.78, 5) is 0. The summed E-state index contributed by atoms with van der Waals surface area (Å²) in [5.74, 6) is 0. The summed E-state index contributed by atoms with van der Waals surface area (Å²) in [6.07, 6.45) is 8.48. The van der Waals surface area contributed by atoms with Gasteiger partial charge in [-0.1, -0.05) is 12.8 Å². The molecule has 3 nitrogen and oxygen atoms in total. The second-order valence-corrected chi connectivity index (χ2v) is 4.19. The topological polar surface area (TPSA) is 29.9 Å². The minimum atomic E-state index is 0.646. The summed E-state index contributed by atoms with van der Waals surface area (Å²) in [6.45, 7) is 1.18. The van der Waals surface area contributed by atoms with Crippen LogP contribution in [0, 0.1) is 0 Å². The normalized spacial score (nSPS) is 23.4. The van der Waals surface area contributed by atoms with Gasteiger partial charge in [-0.05, 0) is 25.5 Å². The van der Waals surface area contributed by atoms with Crippen molar-refractivity contribution >= 4 is 0 Å². The maximum Gasteiger partial charge on any atom is 0.0639 e. The molecule has 1 atom stereocenters. The van der Waals surface area contributed by atoms with E-state index >= 15 is 0 Å². The van der Waals surface area contributed by atoms with Gasteiger partial charge < -0.3 is 5.32 Å². The van der Waals surface area contributed by atoms with Crippen molar-refractivity contribution in [3.05, 3.63) is 18.0 Å². The van der Waals surface area contributed by atoms with Crippen molar-refractivity contribution in [1.29, 1.82) is 0 Å². The van der Waals surface area contributed by atoms with Crippen LogP contribution in [-0.2, 0) is 13.5 Å². The highest BCUT2D eigenvalue weighted by atomic mass is 15.2. The van der Waals surface area contributed by atoms with E-state index in [0.29, 0.717) is 6.04 Å². The number of hydrogen-bond donors (Lipinski definition) is 1. The molecule has 0 saturated carbocycles. The molecule has 2 rings (SSSR count). The van der Waals surface area contributed by atoms with Gasteiger partial charge in [-0.25, -0.2) is 0 Å². The Morgan fingerprint density at radius 2 is 2.43 bits per heavy atom. The molecule has 1 unspecified atom stereocenters. The molecule has 0 aliphatic carbocycles. The first-order chi connectivity index (χ1) is 6.84. The van der Waals surface area contributed by atoms with Crippen molar-refractivity contribution in [2.75, 3.05) is 6.54 Å². The Balaban J connectivity index is 1.89. The van der Waals surface area contributed by atoms with E-state index in [2.05, 4.69) is 16.5 Å². The standard InChI is InChI=1S/C11H19N3/c1-14-8-6-11(13-14)9-10-5-3-2-4-7-12-10/h6,8,10,12H,2-5,7,9H2,1H3. The van der Waals surface area contributed by atoms with E-state index in [1.54, 1.807) is 0 Å². The molecule has 0 radical (unpaired) electrons. The third-order valence-electron chi connectivity index (χ3n) is 2.89. The first-order valence-electron chi connectivity index (χ1n) is 5.56. The minimum absolute atomic E-state index is 0.646. The third kappa shape index (κ3) is 2.58. The molecular weight excluding hydrogens is 174 g/mol.